The third-order valence-corrected chi connectivity index (χ3v) is 3.68. The summed E-state index contributed by atoms with van der Waals surface area (Å²) in [6.45, 7) is 0. The van der Waals surface area contributed by atoms with E-state index >= 15 is 0 Å². The van der Waals surface area contributed by atoms with E-state index in [2.05, 4.69) is 30.8 Å². The van der Waals surface area contributed by atoms with Crippen molar-refractivity contribution in [2.45, 2.75) is 18.9 Å². The smallest absolute Gasteiger partial charge is 0.207 e. The first-order chi connectivity index (χ1) is 8.24. The maximum absolute atomic E-state index is 5.91. The van der Waals surface area contributed by atoms with E-state index in [1.54, 1.807) is 0 Å². The van der Waals surface area contributed by atoms with Crippen LogP contribution in [0.1, 0.15) is 18.9 Å². The molecule has 17 heavy (non-hydrogen) atoms. The SMILES string of the molecule is Clc1ccc(Nc2nccn2C2CC2)c(Br)c1. The number of benzene rings is 1. The molecule has 0 aliphatic heterocycles. The number of halogens is 2. The summed E-state index contributed by atoms with van der Waals surface area (Å²) >= 11 is 9.40. The van der Waals surface area contributed by atoms with E-state index in [9.17, 15) is 0 Å². The third kappa shape index (κ3) is 2.33. The Morgan fingerprint density at radius 3 is 2.94 bits per heavy atom. The van der Waals surface area contributed by atoms with Crippen LogP contribution in [-0.4, -0.2) is 9.55 Å². The summed E-state index contributed by atoms with van der Waals surface area (Å²) in [7, 11) is 0. The summed E-state index contributed by atoms with van der Waals surface area (Å²) in [5.74, 6) is 0.885. The molecule has 1 N–H and O–H groups in total. The van der Waals surface area contributed by atoms with Crippen LogP contribution >= 0.6 is 27.5 Å². The second-order valence-corrected chi connectivity index (χ2v) is 5.43. The quantitative estimate of drug-likeness (QED) is 0.911. The molecule has 3 nitrogen and oxygen atoms in total. The molecule has 0 amide bonds. The highest BCUT2D eigenvalue weighted by Crippen LogP contribution is 2.38. The minimum atomic E-state index is 0.617. The molecule has 5 heteroatoms. The van der Waals surface area contributed by atoms with Crippen LogP contribution in [0.15, 0.2) is 35.1 Å². The van der Waals surface area contributed by atoms with Crippen molar-refractivity contribution in [1.82, 2.24) is 9.55 Å². The van der Waals surface area contributed by atoms with E-state index in [1.165, 1.54) is 12.8 Å². The first-order valence-electron chi connectivity index (χ1n) is 5.49. The van der Waals surface area contributed by atoms with Gasteiger partial charge in [0.05, 0.1) is 5.69 Å². The molecule has 1 saturated carbocycles. The highest BCUT2D eigenvalue weighted by Gasteiger charge is 2.25. The van der Waals surface area contributed by atoms with Gasteiger partial charge in [-0.2, -0.15) is 0 Å². The van der Waals surface area contributed by atoms with Gasteiger partial charge in [-0.1, -0.05) is 11.6 Å². The fraction of sp³-hybridized carbons (Fsp3) is 0.250. The minimum Gasteiger partial charge on any atom is -0.325 e. The molecule has 1 aliphatic carbocycles. The lowest BCUT2D eigenvalue weighted by atomic mass is 10.3. The molecule has 1 heterocycles. The molecule has 0 radical (unpaired) electrons. The monoisotopic (exact) mass is 311 g/mol. The number of anilines is 2. The van der Waals surface area contributed by atoms with E-state index in [1.807, 2.05) is 30.6 Å². The van der Waals surface area contributed by atoms with Crippen molar-refractivity contribution < 1.29 is 0 Å². The summed E-state index contributed by atoms with van der Waals surface area (Å²) in [5, 5.41) is 4.03. The van der Waals surface area contributed by atoms with Crippen LogP contribution in [0.4, 0.5) is 11.6 Å². The van der Waals surface area contributed by atoms with E-state index in [0.717, 1.165) is 16.1 Å². The largest absolute Gasteiger partial charge is 0.325 e. The molecule has 1 aromatic carbocycles. The van der Waals surface area contributed by atoms with Crippen molar-refractivity contribution in [2.24, 2.45) is 0 Å². The Bertz CT molecular complexity index is 548. The van der Waals surface area contributed by atoms with Gasteiger partial charge in [0.25, 0.3) is 0 Å². The molecule has 2 aromatic rings. The van der Waals surface area contributed by atoms with Gasteiger partial charge in [-0.15, -0.1) is 0 Å². The zero-order valence-corrected chi connectivity index (χ0v) is 11.4. The Morgan fingerprint density at radius 2 is 2.24 bits per heavy atom. The number of imidazole rings is 1. The molecule has 0 spiro atoms. The molecule has 1 fully saturated rings. The number of hydrogen-bond donors (Lipinski definition) is 1. The fourth-order valence-corrected chi connectivity index (χ4v) is 2.55. The molecule has 1 aliphatic rings. The maximum atomic E-state index is 5.91. The van der Waals surface area contributed by atoms with Crippen molar-refractivity contribution in [1.29, 1.82) is 0 Å². The van der Waals surface area contributed by atoms with Gasteiger partial charge >= 0.3 is 0 Å². The summed E-state index contributed by atoms with van der Waals surface area (Å²) in [6.07, 6.45) is 6.33. The molecular formula is C12H11BrClN3. The van der Waals surface area contributed by atoms with Gasteiger partial charge in [-0.3, -0.25) is 0 Å². The van der Waals surface area contributed by atoms with Gasteiger partial charge < -0.3 is 9.88 Å². The van der Waals surface area contributed by atoms with E-state index in [-0.39, 0.29) is 0 Å². The van der Waals surface area contributed by atoms with Crippen LogP contribution in [0.5, 0.6) is 0 Å². The molecular weight excluding hydrogens is 302 g/mol. The topological polar surface area (TPSA) is 29.9 Å². The second-order valence-electron chi connectivity index (χ2n) is 4.14. The van der Waals surface area contributed by atoms with Crippen LogP contribution in [0, 0.1) is 0 Å². The average molecular weight is 313 g/mol. The maximum Gasteiger partial charge on any atom is 0.207 e. The van der Waals surface area contributed by atoms with Gasteiger partial charge in [-0.25, -0.2) is 4.98 Å². The zero-order chi connectivity index (χ0) is 11.8. The lowest BCUT2D eigenvalue weighted by Gasteiger charge is -2.10. The lowest BCUT2D eigenvalue weighted by Crippen LogP contribution is -2.01. The Balaban J connectivity index is 1.88. The lowest BCUT2D eigenvalue weighted by molar-refractivity contribution is 0.751. The number of nitrogens with zero attached hydrogens (tertiary/aromatic N) is 2. The second kappa shape index (κ2) is 4.35. The normalized spacial score (nSPS) is 14.9. The Hall–Kier alpha value is -1.00. The van der Waals surface area contributed by atoms with Gasteiger partial charge in [0.2, 0.25) is 5.95 Å². The molecule has 0 unspecified atom stereocenters. The number of aromatic nitrogens is 2. The van der Waals surface area contributed by atoms with E-state index in [0.29, 0.717) is 11.1 Å². The van der Waals surface area contributed by atoms with Crippen LogP contribution in [0.25, 0.3) is 0 Å². The van der Waals surface area contributed by atoms with Crippen molar-refractivity contribution in [3.63, 3.8) is 0 Å². The van der Waals surface area contributed by atoms with Crippen molar-refractivity contribution in [2.75, 3.05) is 5.32 Å². The van der Waals surface area contributed by atoms with Crippen LogP contribution in [-0.2, 0) is 0 Å². The number of rotatable bonds is 3. The standard InChI is InChI=1S/C12H11BrClN3/c13-10-7-8(14)1-4-11(10)16-12-15-5-6-17(12)9-2-3-9/h1,4-7,9H,2-3H2,(H,15,16). The summed E-state index contributed by atoms with van der Waals surface area (Å²) in [5.41, 5.74) is 0.975. The summed E-state index contributed by atoms with van der Waals surface area (Å²) in [6, 6.07) is 6.29. The highest BCUT2D eigenvalue weighted by molar-refractivity contribution is 9.10. The number of nitrogens with one attached hydrogen (secondary N) is 1. The van der Waals surface area contributed by atoms with E-state index in [4.69, 9.17) is 11.6 Å². The van der Waals surface area contributed by atoms with E-state index < -0.39 is 0 Å². The highest BCUT2D eigenvalue weighted by atomic mass is 79.9. The molecule has 0 atom stereocenters. The predicted molar refractivity (Wildman–Crippen MR) is 72.9 cm³/mol. The van der Waals surface area contributed by atoms with Crippen molar-refractivity contribution >= 4 is 39.2 Å². The summed E-state index contributed by atoms with van der Waals surface area (Å²) < 4.78 is 3.12. The molecule has 1 aromatic heterocycles. The predicted octanol–water partition coefficient (Wildman–Crippen LogP) is 4.38. The molecule has 0 bridgehead atoms. The van der Waals surface area contributed by atoms with Gasteiger partial charge in [0.15, 0.2) is 0 Å². The average Bonchev–Trinajstić information content (AvgIpc) is 3.03. The molecule has 0 saturated heterocycles. The van der Waals surface area contributed by atoms with Crippen LogP contribution in [0.3, 0.4) is 0 Å². The summed E-state index contributed by atoms with van der Waals surface area (Å²) in [4.78, 5) is 4.33. The van der Waals surface area contributed by atoms with Crippen LogP contribution < -0.4 is 5.32 Å². The molecule has 88 valence electrons. The van der Waals surface area contributed by atoms with Gasteiger partial charge in [0.1, 0.15) is 0 Å². The van der Waals surface area contributed by atoms with Gasteiger partial charge in [-0.05, 0) is 47.0 Å². The Kier molecular flexibility index (Phi) is 2.84. The Labute approximate surface area is 113 Å². The zero-order valence-electron chi connectivity index (χ0n) is 9.03. The third-order valence-electron chi connectivity index (χ3n) is 2.79. The Morgan fingerprint density at radius 1 is 1.41 bits per heavy atom. The van der Waals surface area contributed by atoms with Crippen molar-refractivity contribution in [3.8, 4) is 0 Å². The van der Waals surface area contributed by atoms with Crippen molar-refractivity contribution in [3.05, 3.63) is 40.1 Å². The first kappa shape index (κ1) is 11.1. The van der Waals surface area contributed by atoms with Crippen LogP contribution in [0.2, 0.25) is 5.02 Å². The fourth-order valence-electron chi connectivity index (χ4n) is 1.77. The van der Waals surface area contributed by atoms with Gasteiger partial charge in [0, 0.05) is 27.9 Å². The first-order valence-corrected chi connectivity index (χ1v) is 6.66. The minimum absolute atomic E-state index is 0.617. The number of hydrogen-bond acceptors (Lipinski definition) is 2. The molecule has 3 rings (SSSR count).